The molecule has 3 aromatic rings. The topological polar surface area (TPSA) is 106 Å². The second-order valence-corrected chi connectivity index (χ2v) is 8.09. The molecule has 0 fully saturated rings. The van der Waals surface area contributed by atoms with Gasteiger partial charge in [0.1, 0.15) is 0 Å². The number of aryl methyl sites for hydroxylation is 2. The lowest BCUT2D eigenvalue weighted by atomic mass is 10.1. The molecular weight excluding hydrogens is 422 g/mol. The minimum absolute atomic E-state index is 0.0437. The van der Waals surface area contributed by atoms with E-state index in [1.807, 2.05) is 4.68 Å². The number of hydrogen-bond acceptors (Lipinski definition) is 5. The molecule has 0 radical (unpaired) electrons. The number of aliphatic carboxylic acids is 1. The van der Waals surface area contributed by atoms with Crippen molar-refractivity contribution in [2.45, 2.75) is 51.9 Å². The van der Waals surface area contributed by atoms with Gasteiger partial charge in [-0.25, -0.2) is 13.5 Å². The van der Waals surface area contributed by atoms with Gasteiger partial charge >= 0.3 is 5.97 Å². The van der Waals surface area contributed by atoms with E-state index in [4.69, 9.17) is 5.11 Å². The van der Waals surface area contributed by atoms with E-state index in [2.05, 4.69) is 15.4 Å². The van der Waals surface area contributed by atoms with Crippen LogP contribution in [0.25, 0.3) is 0 Å². The Morgan fingerprint density at radius 2 is 1.84 bits per heavy atom. The van der Waals surface area contributed by atoms with Crippen LogP contribution in [0.3, 0.4) is 0 Å². The smallest absolute Gasteiger partial charge is 0.303 e. The fourth-order valence-electron chi connectivity index (χ4n) is 4.36. The van der Waals surface area contributed by atoms with Crippen molar-refractivity contribution in [1.82, 2.24) is 29.7 Å². The zero-order valence-electron chi connectivity index (χ0n) is 17.1. The number of amides is 1. The first-order valence-corrected chi connectivity index (χ1v) is 10.3. The molecule has 0 bridgehead atoms. The number of halogens is 2. The highest BCUT2D eigenvalue weighted by atomic mass is 19.2. The van der Waals surface area contributed by atoms with E-state index in [9.17, 15) is 18.4 Å². The Hall–Kier alpha value is -3.63. The zero-order chi connectivity index (χ0) is 22.4. The standard InChI is InChI=1S/C21H20F2N6O3/c22-15-6-12-8-27(9-13(12)7-16(15)23)21(32)20-17(25-29-5-1-2-18(20)29)11-28-10-14(24-26-28)3-4-19(30)31/h6-7,10H,1-5,8-9,11H2,(H,30,31). The van der Waals surface area contributed by atoms with Crippen molar-refractivity contribution >= 4 is 11.9 Å². The first-order chi connectivity index (χ1) is 15.4. The molecule has 4 heterocycles. The number of nitrogens with zero attached hydrogens (tertiary/aromatic N) is 6. The molecule has 1 aromatic carbocycles. The molecule has 5 rings (SSSR count). The highest BCUT2D eigenvalue weighted by Gasteiger charge is 2.33. The fraction of sp³-hybridized carbons (Fsp3) is 0.381. The molecule has 0 atom stereocenters. The first-order valence-electron chi connectivity index (χ1n) is 10.3. The van der Waals surface area contributed by atoms with E-state index < -0.39 is 17.6 Å². The first kappa shape index (κ1) is 20.3. The van der Waals surface area contributed by atoms with E-state index in [1.165, 1.54) is 4.68 Å². The van der Waals surface area contributed by atoms with E-state index >= 15 is 0 Å². The Kier molecular flexibility index (Phi) is 4.95. The van der Waals surface area contributed by atoms with Crippen molar-refractivity contribution in [3.63, 3.8) is 0 Å². The molecule has 0 spiro atoms. The summed E-state index contributed by atoms with van der Waals surface area (Å²) in [4.78, 5) is 25.8. The van der Waals surface area contributed by atoms with Crippen LogP contribution in [0.4, 0.5) is 8.78 Å². The maximum Gasteiger partial charge on any atom is 0.303 e. The third-order valence-corrected chi connectivity index (χ3v) is 5.87. The highest BCUT2D eigenvalue weighted by Crippen LogP contribution is 2.30. The number of rotatable bonds is 6. The minimum Gasteiger partial charge on any atom is -0.481 e. The Morgan fingerprint density at radius 1 is 1.12 bits per heavy atom. The number of carbonyl (C=O) groups is 2. The van der Waals surface area contributed by atoms with Gasteiger partial charge in [-0.05, 0) is 36.1 Å². The summed E-state index contributed by atoms with van der Waals surface area (Å²) in [6.07, 6.45) is 3.48. The minimum atomic E-state index is -0.921. The lowest BCUT2D eigenvalue weighted by molar-refractivity contribution is -0.136. The molecule has 2 aliphatic rings. The number of benzene rings is 1. The summed E-state index contributed by atoms with van der Waals surface area (Å²) in [6.45, 7) is 1.34. The lowest BCUT2D eigenvalue weighted by Crippen LogP contribution is -2.27. The van der Waals surface area contributed by atoms with Gasteiger partial charge in [0.15, 0.2) is 11.6 Å². The molecule has 2 aromatic heterocycles. The van der Waals surface area contributed by atoms with Crippen molar-refractivity contribution < 1.29 is 23.5 Å². The predicted octanol–water partition coefficient (Wildman–Crippen LogP) is 1.92. The molecule has 166 valence electrons. The van der Waals surface area contributed by atoms with Crippen LogP contribution in [0.5, 0.6) is 0 Å². The second-order valence-electron chi connectivity index (χ2n) is 8.09. The van der Waals surface area contributed by atoms with Gasteiger partial charge in [-0.15, -0.1) is 5.10 Å². The maximum absolute atomic E-state index is 13.6. The average Bonchev–Trinajstić information content (AvgIpc) is 3.50. The van der Waals surface area contributed by atoms with E-state index in [0.717, 1.165) is 30.7 Å². The van der Waals surface area contributed by atoms with Crippen molar-refractivity contribution in [3.8, 4) is 0 Å². The SMILES string of the molecule is O=C(O)CCc1cn(Cc2nn3c(c2C(=O)N2Cc4cc(F)c(F)cc4C2)CCC3)nn1. The van der Waals surface area contributed by atoms with Crippen LogP contribution in [-0.2, 0) is 43.8 Å². The summed E-state index contributed by atoms with van der Waals surface area (Å²) in [5, 5.41) is 21.5. The normalized spacial score (nSPS) is 14.6. The van der Waals surface area contributed by atoms with Crippen LogP contribution in [0.2, 0.25) is 0 Å². The van der Waals surface area contributed by atoms with Gasteiger partial charge in [-0.2, -0.15) is 5.10 Å². The van der Waals surface area contributed by atoms with Crippen LogP contribution < -0.4 is 0 Å². The van der Waals surface area contributed by atoms with Gasteiger partial charge in [-0.1, -0.05) is 5.21 Å². The van der Waals surface area contributed by atoms with E-state index in [1.54, 1.807) is 11.1 Å². The monoisotopic (exact) mass is 442 g/mol. The fourth-order valence-corrected chi connectivity index (χ4v) is 4.36. The third kappa shape index (κ3) is 3.63. The van der Waals surface area contributed by atoms with Gasteiger partial charge in [0.25, 0.3) is 5.91 Å². The molecule has 0 saturated carbocycles. The van der Waals surface area contributed by atoms with Crippen molar-refractivity contribution in [2.24, 2.45) is 0 Å². The van der Waals surface area contributed by atoms with Crippen LogP contribution in [0.15, 0.2) is 18.3 Å². The molecule has 2 aliphatic heterocycles. The quantitative estimate of drug-likeness (QED) is 0.625. The van der Waals surface area contributed by atoms with Gasteiger partial charge in [-0.3, -0.25) is 14.3 Å². The lowest BCUT2D eigenvalue weighted by Gasteiger charge is -2.16. The van der Waals surface area contributed by atoms with Gasteiger partial charge < -0.3 is 10.0 Å². The molecule has 1 amide bonds. The molecule has 9 nitrogen and oxygen atoms in total. The van der Waals surface area contributed by atoms with Crippen molar-refractivity contribution in [3.05, 3.63) is 63.7 Å². The summed E-state index contributed by atoms with van der Waals surface area (Å²) in [7, 11) is 0. The molecule has 1 N–H and O–H groups in total. The Labute approximate surface area is 181 Å². The van der Waals surface area contributed by atoms with E-state index in [0.29, 0.717) is 34.6 Å². The summed E-state index contributed by atoms with van der Waals surface area (Å²) in [5.74, 6) is -2.99. The molecular formula is C21H20F2N6O3. The zero-order valence-corrected chi connectivity index (χ0v) is 17.1. The Balaban J connectivity index is 1.40. The van der Waals surface area contributed by atoms with Crippen LogP contribution in [0, 0.1) is 11.6 Å². The molecule has 0 saturated heterocycles. The van der Waals surface area contributed by atoms with Crippen molar-refractivity contribution in [1.29, 1.82) is 0 Å². The Bertz CT molecular complexity index is 1200. The molecule has 11 heteroatoms. The van der Waals surface area contributed by atoms with Crippen LogP contribution in [0.1, 0.15) is 51.4 Å². The van der Waals surface area contributed by atoms with Crippen molar-refractivity contribution in [2.75, 3.05) is 0 Å². The summed E-state index contributed by atoms with van der Waals surface area (Å²) < 4.78 is 30.6. The number of fused-ring (bicyclic) bond motifs is 2. The molecule has 0 aliphatic carbocycles. The van der Waals surface area contributed by atoms with Gasteiger partial charge in [0.05, 0.1) is 35.6 Å². The van der Waals surface area contributed by atoms with E-state index in [-0.39, 0.29) is 38.4 Å². The molecule has 0 unspecified atom stereocenters. The third-order valence-electron chi connectivity index (χ3n) is 5.87. The molecule has 32 heavy (non-hydrogen) atoms. The summed E-state index contributed by atoms with van der Waals surface area (Å²) in [5.41, 5.74) is 3.64. The summed E-state index contributed by atoms with van der Waals surface area (Å²) >= 11 is 0. The predicted molar refractivity (Wildman–Crippen MR) is 106 cm³/mol. The largest absolute Gasteiger partial charge is 0.481 e. The highest BCUT2D eigenvalue weighted by molar-refractivity contribution is 5.97. The number of hydrogen-bond donors (Lipinski definition) is 1. The second kappa shape index (κ2) is 7.81. The number of carbonyl (C=O) groups excluding carboxylic acids is 1. The summed E-state index contributed by atoms with van der Waals surface area (Å²) in [6, 6.07) is 2.30. The van der Waals surface area contributed by atoms with Crippen LogP contribution >= 0.6 is 0 Å². The number of aromatic nitrogens is 5. The van der Waals surface area contributed by atoms with Gasteiger partial charge in [0.2, 0.25) is 0 Å². The Morgan fingerprint density at radius 3 is 2.53 bits per heavy atom. The van der Waals surface area contributed by atoms with Gasteiger partial charge in [0, 0.05) is 32.3 Å². The number of carboxylic acids is 1. The maximum atomic E-state index is 13.6. The number of carboxylic acid groups (broad SMARTS) is 1. The average molecular weight is 442 g/mol. The van der Waals surface area contributed by atoms with Crippen LogP contribution in [-0.4, -0.2) is 46.7 Å².